The Bertz CT molecular complexity index is 875. The molecule has 0 unspecified atom stereocenters. The number of ether oxygens (including phenoxy) is 1. The Kier molecular flexibility index (Phi) is 8.22. The van der Waals surface area contributed by atoms with E-state index in [1.807, 2.05) is 29.6 Å². The van der Waals surface area contributed by atoms with E-state index in [0.29, 0.717) is 18.2 Å². The van der Waals surface area contributed by atoms with E-state index >= 15 is 0 Å². The largest absolute Gasteiger partial charge is 0.376 e. The van der Waals surface area contributed by atoms with Crippen LogP contribution >= 0.6 is 22.9 Å². The number of carbonyl (C=O) groups is 2. The number of amides is 2. The molecule has 4 rings (SSSR count). The van der Waals surface area contributed by atoms with Crippen molar-refractivity contribution < 1.29 is 14.3 Å². The lowest BCUT2D eigenvalue weighted by Crippen LogP contribution is -2.49. The first-order chi connectivity index (χ1) is 15.6. The van der Waals surface area contributed by atoms with Crippen LogP contribution in [0.15, 0.2) is 41.8 Å². The third-order valence-corrected chi connectivity index (χ3v) is 7.48. The number of benzene rings is 1. The van der Waals surface area contributed by atoms with Gasteiger partial charge in [-0.05, 0) is 54.8 Å². The van der Waals surface area contributed by atoms with Crippen LogP contribution in [-0.2, 0) is 20.7 Å². The third kappa shape index (κ3) is 6.12. The van der Waals surface area contributed by atoms with Crippen LogP contribution in [0.1, 0.15) is 61.4 Å². The highest BCUT2D eigenvalue weighted by atomic mass is 35.5. The fraction of sp³-hybridized carbons (Fsp3) is 0.520. The summed E-state index contributed by atoms with van der Waals surface area (Å²) in [6.45, 7) is 1.12. The van der Waals surface area contributed by atoms with Gasteiger partial charge in [-0.3, -0.25) is 9.59 Å². The van der Waals surface area contributed by atoms with Crippen molar-refractivity contribution in [2.75, 3.05) is 13.2 Å². The molecule has 5 nitrogen and oxygen atoms in total. The molecular formula is C25H31ClN2O3S. The first-order valence-corrected chi connectivity index (χ1v) is 12.8. The van der Waals surface area contributed by atoms with Crippen LogP contribution < -0.4 is 5.32 Å². The number of thiophene rings is 1. The minimum absolute atomic E-state index is 0.0421. The van der Waals surface area contributed by atoms with Crippen LogP contribution in [0, 0.1) is 0 Å². The number of carbonyl (C=O) groups excluding carboxylic acids is 2. The van der Waals surface area contributed by atoms with Crippen LogP contribution in [0.25, 0.3) is 0 Å². The van der Waals surface area contributed by atoms with Gasteiger partial charge in [-0.1, -0.05) is 49.1 Å². The maximum atomic E-state index is 13.6. The van der Waals surface area contributed by atoms with E-state index in [0.717, 1.165) is 49.0 Å². The lowest BCUT2D eigenvalue weighted by atomic mass is 9.94. The number of halogens is 1. The van der Waals surface area contributed by atoms with E-state index in [2.05, 4.69) is 5.32 Å². The summed E-state index contributed by atoms with van der Waals surface area (Å²) in [5.74, 6) is -0.168. The van der Waals surface area contributed by atoms with E-state index in [4.69, 9.17) is 16.3 Å². The molecule has 2 heterocycles. The lowest BCUT2D eigenvalue weighted by Gasteiger charge is -2.34. The summed E-state index contributed by atoms with van der Waals surface area (Å²) in [7, 11) is 0. The van der Waals surface area contributed by atoms with Gasteiger partial charge in [-0.15, -0.1) is 11.3 Å². The molecule has 7 heteroatoms. The Morgan fingerprint density at radius 3 is 2.53 bits per heavy atom. The number of nitrogens with zero attached hydrogens (tertiary/aromatic N) is 1. The van der Waals surface area contributed by atoms with Gasteiger partial charge in [0.1, 0.15) is 6.04 Å². The second-order valence-electron chi connectivity index (χ2n) is 8.73. The van der Waals surface area contributed by atoms with Crippen molar-refractivity contribution in [3.8, 4) is 0 Å². The van der Waals surface area contributed by atoms with Crippen LogP contribution in [0.5, 0.6) is 0 Å². The van der Waals surface area contributed by atoms with Crippen LogP contribution in [0.3, 0.4) is 0 Å². The topological polar surface area (TPSA) is 58.6 Å². The Morgan fingerprint density at radius 2 is 1.88 bits per heavy atom. The van der Waals surface area contributed by atoms with Gasteiger partial charge in [0, 0.05) is 29.1 Å². The fourth-order valence-electron chi connectivity index (χ4n) is 4.67. The normalized spacial score (nSPS) is 20.1. The van der Waals surface area contributed by atoms with Crippen LogP contribution in [0.2, 0.25) is 5.02 Å². The SMILES string of the molecule is O=C(NC1CCCCC1)[C@@H](c1ccc(Cl)cc1)N(C[C@@H]1CCCO1)C(=O)Cc1cccs1. The fourth-order valence-corrected chi connectivity index (χ4v) is 5.49. The zero-order valence-electron chi connectivity index (χ0n) is 18.3. The van der Waals surface area contributed by atoms with Crippen molar-refractivity contribution in [2.24, 2.45) is 0 Å². The summed E-state index contributed by atoms with van der Waals surface area (Å²) in [6.07, 6.45) is 7.60. The van der Waals surface area contributed by atoms with Crippen LogP contribution in [-0.4, -0.2) is 42.0 Å². The summed E-state index contributed by atoms with van der Waals surface area (Å²) in [5, 5.41) is 5.83. The van der Waals surface area contributed by atoms with E-state index < -0.39 is 6.04 Å². The van der Waals surface area contributed by atoms with Crippen molar-refractivity contribution in [1.82, 2.24) is 10.2 Å². The van der Waals surface area contributed by atoms with Crippen molar-refractivity contribution in [3.05, 3.63) is 57.2 Å². The van der Waals surface area contributed by atoms with Crippen molar-refractivity contribution >= 4 is 34.8 Å². The molecule has 2 aliphatic rings. The molecule has 0 spiro atoms. The van der Waals surface area contributed by atoms with Gasteiger partial charge in [-0.25, -0.2) is 0 Å². The highest BCUT2D eigenvalue weighted by Gasteiger charge is 2.35. The Morgan fingerprint density at radius 1 is 1.09 bits per heavy atom. The zero-order valence-corrected chi connectivity index (χ0v) is 19.9. The Hall–Kier alpha value is -1.89. The van der Waals surface area contributed by atoms with Gasteiger partial charge in [0.05, 0.1) is 12.5 Å². The number of nitrogens with one attached hydrogen (secondary N) is 1. The molecule has 2 amide bonds. The van der Waals surface area contributed by atoms with Gasteiger partial charge in [0.25, 0.3) is 0 Å². The maximum Gasteiger partial charge on any atom is 0.247 e. The smallest absolute Gasteiger partial charge is 0.247 e. The first kappa shape index (κ1) is 23.3. The summed E-state index contributed by atoms with van der Waals surface area (Å²) in [4.78, 5) is 29.9. The molecular weight excluding hydrogens is 444 g/mol. The van der Waals surface area contributed by atoms with Gasteiger partial charge >= 0.3 is 0 Å². The molecule has 1 aliphatic heterocycles. The molecule has 1 N–H and O–H groups in total. The molecule has 1 aliphatic carbocycles. The molecule has 32 heavy (non-hydrogen) atoms. The quantitative estimate of drug-likeness (QED) is 0.576. The molecule has 172 valence electrons. The van der Waals surface area contributed by atoms with Crippen LogP contribution in [0.4, 0.5) is 0 Å². The van der Waals surface area contributed by atoms with Crippen molar-refractivity contribution in [1.29, 1.82) is 0 Å². The lowest BCUT2D eigenvalue weighted by molar-refractivity contribution is -0.142. The molecule has 0 bridgehead atoms. The maximum absolute atomic E-state index is 13.6. The van der Waals surface area contributed by atoms with Gasteiger partial charge in [0.2, 0.25) is 11.8 Å². The molecule has 2 fully saturated rings. The average molecular weight is 475 g/mol. The number of hydrogen-bond donors (Lipinski definition) is 1. The van der Waals surface area contributed by atoms with Crippen molar-refractivity contribution in [2.45, 2.75) is 69.6 Å². The summed E-state index contributed by atoms with van der Waals surface area (Å²) >= 11 is 7.69. The summed E-state index contributed by atoms with van der Waals surface area (Å²) in [6, 6.07) is 10.7. The second-order valence-corrected chi connectivity index (χ2v) is 10.2. The zero-order chi connectivity index (χ0) is 22.3. The van der Waals surface area contributed by atoms with Gasteiger partial charge in [-0.2, -0.15) is 0 Å². The second kappa shape index (κ2) is 11.3. The van der Waals surface area contributed by atoms with E-state index in [-0.39, 0.29) is 30.4 Å². The average Bonchev–Trinajstić information content (AvgIpc) is 3.49. The Labute approximate surface area is 199 Å². The molecule has 1 aromatic heterocycles. The Balaban J connectivity index is 1.62. The molecule has 1 saturated heterocycles. The van der Waals surface area contributed by atoms with Crippen molar-refractivity contribution in [3.63, 3.8) is 0 Å². The monoisotopic (exact) mass is 474 g/mol. The predicted molar refractivity (Wildman–Crippen MR) is 128 cm³/mol. The van der Waals surface area contributed by atoms with E-state index in [1.54, 1.807) is 28.4 Å². The van der Waals surface area contributed by atoms with E-state index in [1.165, 1.54) is 6.42 Å². The predicted octanol–water partition coefficient (Wildman–Crippen LogP) is 5.14. The molecule has 2 atom stereocenters. The first-order valence-electron chi connectivity index (χ1n) is 11.6. The number of hydrogen-bond acceptors (Lipinski definition) is 4. The van der Waals surface area contributed by atoms with Gasteiger partial charge in [0.15, 0.2) is 0 Å². The highest BCUT2D eigenvalue weighted by molar-refractivity contribution is 7.10. The molecule has 1 aromatic carbocycles. The summed E-state index contributed by atoms with van der Waals surface area (Å²) < 4.78 is 5.86. The standard InChI is InChI=1S/C25H31ClN2O3S/c26-19-12-10-18(11-13-19)24(25(30)27-20-6-2-1-3-7-20)28(17-21-8-4-14-31-21)23(29)16-22-9-5-15-32-22/h5,9-13,15,20-21,24H,1-4,6-8,14,16-17H2,(H,27,30)/t21-,24+/m0/s1. The minimum Gasteiger partial charge on any atom is -0.376 e. The highest BCUT2D eigenvalue weighted by Crippen LogP contribution is 2.28. The molecule has 2 aromatic rings. The van der Waals surface area contributed by atoms with E-state index in [9.17, 15) is 9.59 Å². The molecule has 1 saturated carbocycles. The summed E-state index contributed by atoms with van der Waals surface area (Å²) in [5.41, 5.74) is 0.778. The number of rotatable bonds is 8. The minimum atomic E-state index is -0.703. The van der Waals surface area contributed by atoms with Gasteiger partial charge < -0.3 is 15.0 Å². The third-order valence-electron chi connectivity index (χ3n) is 6.35. The molecule has 0 radical (unpaired) electrons.